The summed E-state index contributed by atoms with van der Waals surface area (Å²) in [4.78, 5) is 48.6. The number of thiophene rings is 1. The van der Waals surface area contributed by atoms with Gasteiger partial charge < -0.3 is 15.0 Å². The molecule has 1 aliphatic rings. The second kappa shape index (κ2) is 10.1. The third kappa shape index (κ3) is 5.05. The van der Waals surface area contributed by atoms with Crippen LogP contribution in [0.25, 0.3) is 10.2 Å². The van der Waals surface area contributed by atoms with Gasteiger partial charge in [-0.25, -0.2) is 4.98 Å². The average molecular weight is 483 g/mol. The Bertz CT molecular complexity index is 1290. The van der Waals surface area contributed by atoms with Gasteiger partial charge in [-0.2, -0.15) is 0 Å². The molecule has 0 spiro atoms. The minimum absolute atomic E-state index is 0.0659. The Morgan fingerprint density at radius 3 is 2.65 bits per heavy atom. The first kappa shape index (κ1) is 24.1. The fourth-order valence-corrected chi connectivity index (χ4v) is 5.51. The number of hydrogen-bond donors (Lipinski definition) is 2. The highest BCUT2D eigenvalue weighted by molar-refractivity contribution is 7.20. The molecule has 1 amide bonds. The van der Waals surface area contributed by atoms with Crippen LogP contribution in [0.5, 0.6) is 0 Å². The number of nitrogens with one attached hydrogen (secondary N) is 2. The fraction of sp³-hybridized carbons (Fsp3) is 0.440. The van der Waals surface area contributed by atoms with Gasteiger partial charge in [-0.3, -0.25) is 19.3 Å². The van der Waals surface area contributed by atoms with Crippen molar-refractivity contribution in [2.75, 3.05) is 25.0 Å². The van der Waals surface area contributed by atoms with Gasteiger partial charge in [0.1, 0.15) is 10.7 Å². The third-order valence-electron chi connectivity index (χ3n) is 6.27. The molecular formula is C25H30N4O4S. The predicted molar refractivity (Wildman–Crippen MR) is 133 cm³/mol. The van der Waals surface area contributed by atoms with Crippen LogP contribution in [0, 0.1) is 26.7 Å². The van der Waals surface area contributed by atoms with Crippen molar-refractivity contribution in [3.63, 3.8) is 0 Å². The van der Waals surface area contributed by atoms with E-state index < -0.39 is 0 Å². The number of hydrogen-bond acceptors (Lipinski definition) is 7. The van der Waals surface area contributed by atoms with Crippen LogP contribution in [0.3, 0.4) is 0 Å². The van der Waals surface area contributed by atoms with Crippen molar-refractivity contribution >= 4 is 39.1 Å². The highest BCUT2D eigenvalue weighted by Gasteiger charge is 2.27. The van der Waals surface area contributed by atoms with E-state index in [9.17, 15) is 14.4 Å². The summed E-state index contributed by atoms with van der Waals surface area (Å²) in [5.41, 5.74) is 3.26. The van der Waals surface area contributed by atoms with Crippen molar-refractivity contribution in [2.45, 2.75) is 47.1 Å². The second-order valence-electron chi connectivity index (χ2n) is 8.82. The number of benzene rings is 1. The van der Waals surface area contributed by atoms with Gasteiger partial charge in [0.25, 0.3) is 11.5 Å². The Morgan fingerprint density at radius 1 is 1.24 bits per heavy atom. The van der Waals surface area contributed by atoms with Gasteiger partial charge in [-0.1, -0.05) is 17.7 Å². The number of piperidine rings is 1. The second-order valence-corrected chi connectivity index (χ2v) is 9.82. The Labute approximate surface area is 202 Å². The number of aryl methyl sites for hydroxylation is 3. The van der Waals surface area contributed by atoms with Crippen LogP contribution in [0.4, 0.5) is 5.69 Å². The molecule has 4 rings (SSSR count). The summed E-state index contributed by atoms with van der Waals surface area (Å²) < 4.78 is 5.13. The van der Waals surface area contributed by atoms with E-state index >= 15 is 0 Å². The highest BCUT2D eigenvalue weighted by atomic mass is 32.1. The molecule has 0 atom stereocenters. The minimum atomic E-state index is -0.241. The van der Waals surface area contributed by atoms with Gasteiger partial charge in [0, 0.05) is 5.69 Å². The van der Waals surface area contributed by atoms with Gasteiger partial charge >= 0.3 is 5.97 Å². The molecule has 9 heteroatoms. The number of anilines is 1. The summed E-state index contributed by atoms with van der Waals surface area (Å²) >= 11 is 1.24. The lowest BCUT2D eigenvalue weighted by Gasteiger charge is -2.30. The Kier molecular flexibility index (Phi) is 7.13. The van der Waals surface area contributed by atoms with Crippen molar-refractivity contribution in [1.82, 2.24) is 14.9 Å². The van der Waals surface area contributed by atoms with Crippen LogP contribution in [0.1, 0.15) is 52.0 Å². The lowest BCUT2D eigenvalue weighted by atomic mass is 9.97. The zero-order chi connectivity index (χ0) is 24.4. The molecule has 0 aliphatic carbocycles. The van der Waals surface area contributed by atoms with Crippen molar-refractivity contribution < 1.29 is 14.3 Å². The van der Waals surface area contributed by atoms with E-state index in [0.29, 0.717) is 39.6 Å². The number of carbonyl (C=O) groups is 2. The zero-order valence-electron chi connectivity index (χ0n) is 20.0. The van der Waals surface area contributed by atoms with Gasteiger partial charge in [0.15, 0.2) is 0 Å². The maximum absolute atomic E-state index is 13.0. The van der Waals surface area contributed by atoms with Gasteiger partial charge in [-0.05, 0) is 70.8 Å². The van der Waals surface area contributed by atoms with E-state index in [-0.39, 0.29) is 23.4 Å². The molecule has 3 aromatic rings. The van der Waals surface area contributed by atoms with E-state index in [4.69, 9.17) is 4.74 Å². The Balaban J connectivity index is 1.50. The van der Waals surface area contributed by atoms with E-state index in [1.165, 1.54) is 11.3 Å². The molecular weight excluding hydrogens is 452 g/mol. The standard InChI is InChI=1S/C25H30N4O4S/c1-5-33-25(32)17-8-10-29(11-9-17)13-19-27-22(30)20-16(4)21(34-24(20)28-19)23(31)26-18-7-6-14(2)12-15(18)3/h6-7,12,17H,5,8-11,13H2,1-4H3,(H,26,31)(H,27,28,30). The number of aromatic amines is 1. The molecule has 0 unspecified atom stereocenters. The van der Waals surface area contributed by atoms with E-state index in [1.807, 2.05) is 39.0 Å². The van der Waals surface area contributed by atoms with Crippen LogP contribution in [-0.2, 0) is 16.1 Å². The summed E-state index contributed by atoms with van der Waals surface area (Å²) in [6.45, 7) is 9.91. The Hall–Kier alpha value is -3.04. The monoisotopic (exact) mass is 482 g/mol. The van der Waals surface area contributed by atoms with Crippen LogP contribution < -0.4 is 10.9 Å². The molecule has 2 N–H and O–H groups in total. The lowest BCUT2D eigenvalue weighted by molar-refractivity contribution is -0.149. The number of nitrogens with zero attached hydrogens (tertiary/aromatic N) is 2. The number of H-pyrrole nitrogens is 1. The zero-order valence-corrected chi connectivity index (χ0v) is 20.8. The maximum Gasteiger partial charge on any atom is 0.309 e. The first-order valence-electron chi connectivity index (χ1n) is 11.6. The molecule has 34 heavy (non-hydrogen) atoms. The summed E-state index contributed by atoms with van der Waals surface area (Å²) in [6.07, 6.45) is 1.46. The SMILES string of the molecule is CCOC(=O)C1CCN(Cc2nc3sc(C(=O)Nc4ccc(C)cc4C)c(C)c3c(=O)[nH]2)CC1. The summed E-state index contributed by atoms with van der Waals surface area (Å²) in [7, 11) is 0. The van der Waals surface area contributed by atoms with Gasteiger partial charge in [-0.15, -0.1) is 11.3 Å². The summed E-state index contributed by atoms with van der Waals surface area (Å²) in [5, 5.41) is 3.42. The largest absolute Gasteiger partial charge is 0.466 e. The highest BCUT2D eigenvalue weighted by Crippen LogP contribution is 2.29. The van der Waals surface area contributed by atoms with Gasteiger partial charge in [0.05, 0.1) is 29.3 Å². The topological polar surface area (TPSA) is 104 Å². The smallest absolute Gasteiger partial charge is 0.309 e. The number of aromatic nitrogens is 2. The molecule has 0 saturated carbocycles. The molecule has 0 bridgehead atoms. The quantitative estimate of drug-likeness (QED) is 0.516. The van der Waals surface area contributed by atoms with Crippen molar-refractivity contribution in [3.05, 3.63) is 55.9 Å². The van der Waals surface area contributed by atoms with Crippen molar-refractivity contribution in [3.8, 4) is 0 Å². The van der Waals surface area contributed by atoms with Crippen LogP contribution >= 0.6 is 11.3 Å². The first-order chi connectivity index (χ1) is 16.3. The molecule has 3 heterocycles. The van der Waals surface area contributed by atoms with Crippen LogP contribution in [-0.4, -0.2) is 46.4 Å². The van der Waals surface area contributed by atoms with E-state index in [1.54, 1.807) is 6.92 Å². The summed E-state index contributed by atoms with van der Waals surface area (Å²) in [6, 6.07) is 5.86. The lowest BCUT2D eigenvalue weighted by Crippen LogP contribution is -2.37. The molecule has 1 aliphatic heterocycles. The van der Waals surface area contributed by atoms with Crippen LogP contribution in [0.2, 0.25) is 0 Å². The average Bonchev–Trinajstić information content (AvgIpc) is 3.13. The molecule has 2 aromatic heterocycles. The van der Waals surface area contributed by atoms with E-state index in [0.717, 1.165) is 42.7 Å². The number of fused-ring (bicyclic) bond motifs is 1. The number of ether oxygens (including phenoxy) is 1. The number of rotatable bonds is 6. The molecule has 0 radical (unpaired) electrons. The van der Waals surface area contributed by atoms with E-state index in [2.05, 4.69) is 20.2 Å². The minimum Gasteiger partial charge on any atom is -0.466 e. The number of likely N-dealkylation sites (tertiary alicyclic amines) is 1. The first-order valence-corrected chi connectivity index (χ1v) is 12.4. The fourth-order valence-electron chi connectivity index (χ4n) is 4.41. The molecule has 1 saturated heterocycles. The normalized spacial score (nSPS) is 14.9. The van der Waals surface area contributed by atoms with Gasteiger partial charge in [0.2, 0.25) is 0 Å². The number of amides is 1. The molecule has 1 aromatic carbocycles. The molecule has 180 valence electrons. The third-order valence-corrected chi connectivity index (χ3v) is 7.45. The predicted octanol–water partition coefficient (Wildman–Crippen LogP) is 3.94. The molecule has 8 nitrogen and oxygen atoms in total. The maximum atomic E-state index is 13.0. The van der Waals surface area contributed by atoms with Crippen LogP contribution in [0.15, 0.2) is 23.0 Å². The summed E-state index contributed by atoms with van der Waals surface area (Å²) in [5.74, 6) is 0.129. The van der Waals surface area contributed by atoms with Crippen molar-refractivity contribution in [2.24, 2.45) is 5.92 Å². The molecule has 1 fully saturated rings. The number of carbonyl (C=O) groups excluding carboxylic acids is 2. The Morgan fingerprint density at radius 2 is 1.97 bits per heavy atom. The van der Waals surface area contributed by atoms with Crippen molar-refractivity contribution in [1.29, 1.82) is 0 Å². The number of esters is 1.